The standard InChI is InChI=1S/C40H58Cl2N8O9S/c1-3-4-11-53-15-19-57-21-17-55-13-9-49-26-34(44-46-49)30-59-31-35-27-50(47-45-35)10-14-56-18-22-58-20-16-54-12-8-43-60(51,52)36-7-5-6-32(23-36)38-28-48(2)29-39-37(38)24-33(41)25-40(39)42/h5-7,23-27,38,43H,3-4,8-22,28-31H2,1-2H3. The van der Waals surface area contributed by atoms with Gasteiger partial charge in [-0.2, -0.15) is 0 Å². The zero-order valence-electron chi connectivity index (χ0n) is 34.5. The van der Waals surface area contributed by atoms with Gasteiger partial charge in [0.05, 0.1) is 116 Å². The highest BCUT2D eigenvalue weighted by atomic mass is 35.5. The van der Waals surface area contributed by atoms with Crippen LogP contribution >= 0.6 is 23.2 Å². The zero-order chi connectivity index (χ0) is 42.4. The van der Waals surface area contributed by atoms with Gasteiger partial charge < -0.3 is 38.1 Å². The Balaban J connectivity index is 0.847. The molecule has 0 amide bonds. The number of fused-ring (bicyclic) bond motifs is 1. The van der Waals surface area contributed by atoms with Crippen LogP contribution in [-0.2, 0) is 76.0 Å². The summed E-state index contributed by atoms with van der Waals surface area (Å²) in [5.74, 6) is -0.0690. The Bertz CT molecular complexity index is 1950. The molecule has 332 valence electrons. The molecule has 0 fully saturated rings. The van der Waals surface area contributed by atoms with Gasteiger partial charge in [-0.05, 0) is 54.4 Å². The number of likely N-dealkylation sites (N-methyl/N-ethyl adjacent to an activating group) is 1. The van der Waals surface area contributed by atoms with Gasteiger partial charge in [0.25, 0.3) is 0 Å². The molecule has 1 N–H and O–H groups in total. The second-order valence-corrected chi connectivity index (χ2v) is 16.8. The molecule has 1 atom stereocenters. The van der Waals surface area contributed by atoms with Crippen molar-refractivity contribution in [3.8, 4) is 0 Å². The van der Waals surface area contributed by atoms with E-state index < -0.39 is 10.0 Å². The first kappa shape index (κ1) is 47.9. The maximum atomic E-state index is 13.1. The van der Waals surface area contributed by atoms with Crippen LogP contribution in [0.1, 0.15) is 53.8 Å². The normalized spacial score (nSPS) is 14.6. The molecule has 20 heteroatoms. The Kier molecular flexibility index (Phi) is 21.1. The number of hydrogen-bond donors (Lipinski definition) is 1. The van der Waals surface area contributed by atoms with Crippen molar-refractivity contribution in [1.29, 1.82) is 0 Å². The average molecular weight is 898 g/mol. The van der Waals surface area contributed by atoms with Crippen LogP contribution in [0.5, 0.6) is 0 Å². The van der Waals surface area contributed by atoms with Gasteiger partial charge in [-0.3, -0.25) is 0 Å². The van der Waals surface area contributed by atoms with Crippen molar-refractivity contribution in [2.75, 3.05) is 99.4 Å². The van der Waals surface area contributed by atoms with Crippen molar-refractivity contribution in [2.45, 2.75) is 63.4 Å². The summed E-state index contributed by atoms with van der Waals surface area (Å²) in [6, 6.07) is 10.7. The molecular formula is C40H58Cl2N8O9S. The minimum absolute atomic E-state index is 0.0690. The fraction of sp³-hybridized carbons (Fsp3) is 0.600. The van der Waals surface area contributed by atoms with E-state index in [1.54, 1.807) is 33.6 Å². The number of rotatable bonds is 31. The lowest BCUT2D eigenvalue weighted by atomic mass is 9.85. The quantitative estimate of drug-likeness (QED) is 0.0707. The molecule has 0 saturated heterocycles. The fourth-order valence-electron chi connectivity index (χ4n) is 6.29. The van der Waals surface area contributed by atoms with Crippen molar-refractivity contribution in [1.82, 2.24) is 39.6 Å². The topological polar surface area (TPSA) is 175 Å². The van der Waals surface area contributed by atoms with E-state index in [0.717, 1.165) is 36.1 Å². The Morgan fingerprint density at radius 1 is 0.733 bits per heavy atom. The minimum Gasteiger partial charge on any atom is -0.379 e. The van der Waals surface area contributed by atoms with E-state index in [1.807, 2.05) is 31.6 Å². The number of ether oxygens (including phenoxy) is 7. The number of nitrogens with zero attached hydrogens (tertiary/aromatic N) is 7. The van der Waals surface area contributed by atoms with Crippen LogP contribution in [0, 0.1) is 0 Å². The van der Waals surface area contributed by atoms with Crippen molar-refractivity contribution in [3.63, 3.8) is 0 Å². The minimum atomic E-state index is -3.75. The molecule has 2 aromatic heterocycles. The first-order chi connectivity index (χ1) is 29.2. The molecule has 2 aromatic carbocycles. The third kappa shape index (κ3) is 16.6. The highest BCUT2D eigenvalue weighted by molar-refractivity contribution is 7.89. The van der Waals surface area contributed by atoms with Crippen LogP contribution in [0.4, 0.5) is 0 Å². The summed E-state index contributed by atoms with van der Waals surface area (Å²) in [5, 5.41) is 17.7. The number of nitrogens with one attached hydrogen (secondary N) is 1. The number of benzene rings is 2. The number of sulfonamides is 1. The van der Waals surface area contributed by atoms with Crippen molar-refractivity contribution < 1.29 is 41.6 Å². The maximum absolute atomic E-state index is 13.1. The van der Waals surface area contributed by atoms with Gasteiger partial charge in [0.2, 0.25) is 10.0 Å². The summed E-state index contributed by atoms with van der Waals surface area (Å²) >= 11 is 12.9. The van der Waals surface area contributed by atoms with E-state index in [9.17, 15) is 8.42 Å². The summed E-state index contributed by atoms with van der Waals surface area (Å²) in [5.41, 5.74) is 4.31. The second kappa shape index (κ2) is 26.4. The summed E-state index contributed by atoms with van der Waals surface area (Å²) in [4.78, 5) is 2.35. The lowest BCUT2D eigenvalue weighted by Crippen LogP contribution is -2.31. The highest BCUT2D eigenvalue weighted by Gasteiger charge is 2.28. The van der Waals surface area contributed by atoms with Gasteiger partial charge in [-0.1, -0.05) is 59.1 Å². The molecule has 1 unspecified atom stereocenters. The van der Waals surface area contributed by atoms with Gasteiger partial charge in [-0.25, -0.2) is 22.5 Å². The van der Waals surface area contributed by atoms with Crippen molar-refractivity contribution in [2.24, 2.45) is 0 Å². The lowest BCUT2D eigenvalue weighted by molar-refractivity contribution is 0.0123. The Labute approximate surface area is 362 Å². The van der Waals surface area contributed by atoms with Gasteiger partial charge >= 0.3 is 0 Å². The van der Waals surface area contributed by atoms with E-state index in [-0.39, 0.29) is 30.6 Å². The smallest absolute Gasteiger partial charge is 0.240 e. The molecule has 5 rings (SSSR count). The number of unbranched alkanes of at least 4 members (excludes halogenated alkanes) is 1. The van der Waals surface area contributed by atoms with Crippen LogP contribution in [0.15, 0.2) is 53.7 Å². The number of hydrogen-bond acceptors (Lipinski definition) is 14. The molecule has 60 heavy (non-hydrogen) atoms. The second-order valence-electron chi connectivity index (χ2n) is 14.1. The van der Waals surface area contributed by atoms with Crippen LogP contribution in [0.3, 0.4) is 0 Å². The largest absolute Gasteiger partial charge is 0.379 e. The van der Waals surface area contributed by atoms with Gasteiger partial charge in [-0.15, -0.1) is 10.2 Å². The van der Waals surface area contributed by atoms with E-state index in [0.29, 0.717) is 120 Å². The molecular weight excluding hydrogens is 839 g/mol. The highest BCUT2D eigenvalue weighted by Crippen LogP contribution is 2.38. The summed E-state index contributed by atoms with van der Waals surface area (Å²) in [7, 11) is -1.74. The molecule has 4 aromatic rings. The molecule has 0 bridgehead atoms. The average Bonchev–Trinajstić information content (AvgIpc) is 3.89. The summed E-state index contributed by atoms with van der Waals surface area (Å²) < 4.78 is 71.4. The van der Waals surface area contributed by atoms with E-state index >= 15 is 0 Å². The Morgan fingerprint density at radius 3 is 1.90 bits per heavy atom. The SMILES string of the molecule is CCCCOCCOCCOCCn1cc(COCc2cn(CCOCCOCCOCCNS(=O)(=O)c3cccc(C4CN(C)Cc5c(Cl)cc(Cl)cc54)c3)nn2)nn1. The molecule has 0 radical (unpaired) electrons. The first-order valence-electron chi connectivity index (χ1n) is 20.3. The van der Waals surface area contributed by atoms with E-state index in [4.69, 9.17) is 56.4 Å². The molecule has 3 heterocycles. The molecule has 17 nitrogen and oxygen atoms in total. The van der Waals surface area contributed by atoms with Crippen LogP contribution in [0.25, 0.3) is 0 Å². The van der Waals surface area contributed by atoms with Crippen LogP contribution in [0.2, 0.25) is 10.0 Å². The zero-order valence-corrected chi connectivity index (χ0v) is 36.8. The van der Waals surface area contributed by atoms with Gasteiger partial charge in [0.1, 0.15) is 11.4 Å². The van der Waals surface area contributed by atoms with Crippen molar-refractivity contribution >= 4 is 33.2 Å². The molecule has 1 aliphatic heterocycles. The molecule has 0 saturated carbocycles. The summed E-state index contributed by atoms with van der Waals surface area (Å²) in [6.45, 7) is 11.0. The molecule has 0 spiro atoms. The van der Waals surface area contributed by atoms with Crippen molar-refractivity contribution in [3.05, 3.63) is 86.9 Å². The lowest BCUT2D eigenvalue weighted by Gasteiger charge is -2.33. The first-order valence-corrected chi connectivity index (χ1v) is 22.5. The molecule has 0 aliphatic carbocycles. The Hall–Kier alpha value is -3.11. The van der Waals surface area contributed by atoms with Gasteiger partial charge in [0.15, 0.2) is 0 Å². The third-order valence-corrected chi connectivity index (χ3v) is 11.3. The van der Waals surface area contributed by atoms with E-state index in [2.05, 4.69) is 37.2 Å². The number of aromatic nitrogens is 6. The monoisotopic (exact) mass is 896 g/mol. The van der Waals surface area contributed by atoms with Crippen LogP contribution in [-0.4, -0.2) is 143 Å². The maximum Gasteiger partial charge on any atom is 0.240 e. The summed E-state index contributed by atoms with van der Waals surface area (Å²) in [6.07, 6.45) is 5.85. The predicted molar refractivity (Wildman–Crippen MR) is 225 cm³/mol. The van der Waals surface area contributed by atoms with Gasteiger partial charge in [0, 0.05) is 42.2 Å². The third-order valence-electron chi connectivity index (χ3n) is 9.33. The fourth-order valence-corrected chi connectivity index (χ4v) is 7.93. The molecule has 1 aliphatic rings. The number of halogens is 2. The Morgan fingerprint density at radius 2 is 1.30 bits per heavy atom. The van der Waals surface area contributed by atoms with E-state index in [1.165, 1.54) is 0 Å². The van der Waals surface area contributed by atoms with Crippen LogP contribution < -0.4 is 4.72 Å². The predicted octanol–water partition coefficient (Wildman–Crippen LogP) is 4.35.